The lowest BCUT2D eigenvalue weighted by atomic mass is 10.1. The van der Waals surface area contributed by atoms with E-state index in [1.807, 2.05) is 11.7 Å². The fourth-order valence-electron chi connectivity index (χ4n) is 2.08. The van der Waals surface area contributed by atoms with Crippen LogP contribution in [0.1, 0.15) is 38.4 Å². The Balaban J connectivity index is 1.93. The quantitative estimate of drug-likeness (QED) is 0.817. The van der Waals surface area contributed by atoms with Crippen LogP contribution in [0.25, 0.3) is 0 Å². The Morgan fingerprint density at radius 3 is 2.80 bits per heavy atom. The van der Waals surface area contributed by atoms with Gasteiger partial charge in [0.25, 0.3) is 0 Å². The maximum atomic E-state index is 4.44. The van der Waals surface area contributed by atoms with Gasteiger partial charge in [-0.25, -0.2) is 0 Å². The largest absolute Gasteiger partial charge is 0.309 e. The summed E-state index contributed by atoms with van der Waals surface area (Å²) < 4.78 is 1.91. The summed E-state index contributed by atoms with van der Waals surface area (Å²) in [5.41, 5.74) is 3.08. The molecule has 3 nitrogen and oxygen atoms in total. The van der Waals surface area contributed by atoms with E-state index >= 15 is 0 Å². The third kappa shape index (κ3) is 2.23. The molecule has 15 heavy (non-hydrogen) atoms. The average molecular weight is 207 g/mol. The van der Waals surface area contributed by atoms with Crippen LogP contribution in [0.5, 0.6) is 0 Å². The van der Waals surface area contributed by atoms with Crippen LogP contribution in [0, 0.1) is 5.41 Å². The summed E-state index contributed by atoms with van der Waals surface area (Å²) in [5, 5.41) is 8.04. The molecule has 1 aromatic heterocycles. The molecule has 1 aliphatic carbocycles. The minimum Gasteiger partial charge on any atom is -0.309 e. The highest BCUT2D eigenvalue weighted by molar-refractivity contribution is 5.17. The first-order chi connectivity index (χ1) is 7.03. The Morgan fingerprint density at radius 2 is 2.27 bits per heavy atom. The van der Waals surface area contributed by atoms with Crippen LogP contribution in [0.2, 0.25) is 0 Å². The standard InChI is InChI=1S/C12H21N3/c1-5-10-9(8-15(4)14-10)7-13-11-6-12(11,2)3/h8,11,13H,5-7H2,1-4H3. The van der Waals surface area contributed by atoms with Gasteiger partial charge < -0.3 is 5.32 Å². The van der Waals surface area contributed by atoms with E-state index in [1.54, 1.807) is 0 Å². The van der Waals surface area contributed by atoms with Crippen LogP contribution in [-0.2, 0) is 20.0 Å². The Kier molecular flexibility index (Phi) is 2.59. The third-order valence-electron chi connectivity index (χ3n) is 3.38. The first kappa shape index (κ1) is 10.7. The van der Waals surface area contributed by atoms with Gasteiger partial charge >= 0.3 is 0 Å². The topological polar surface area (TPSA) is 29.9 Å². The smallest absolute Gasteiger partial charge is 0.0666 e. The highest BCUT2D eigenvalue weighted by atomic mass is 15.3. The van der Waals surface area contributed by atoms with Gasteiger partial charge in [-0.3, -0.25) is 4.68 Å². The molecule has 3 heteroatoms. The van der Waals surface area contributed by atoms with E-state index in [0.29, 0.717) is 11.5 Å². The molecule has 0 aliphatic heterocycles. The van der Waals surface area contributed by atoms with Gasteiger partial charge in [-0.2, -0.15) is 5.10 Å². The molecule has 1 fully saturated rings. The second-order valence-electron chi connectivity index (χ2n) is 5.25. The number of nitrogens with one attached hydrogen (secondary N) is 1. The number of hydrogen-bond donors (Lipinski definition) is 1. The molecule has 0 radical (unpaired) electrons. The third-order valence-corrected chi connectivity index (χ3v) is 3.38. The van der Waals surface area contributed by atoms with Gasteiger partial charge in [0.15, 0.2) is 0 Å². The Labute approximate surface area is 91.9 Å². The average Bonchev–Trinajstić information content (AvgIpc) is 2.61. The summed E-state index contributed by atoms with van der Waals surface area (Å²) >= 11 is 0. The van der Waals surface area contributed by atoms with Crippen molar-refractivity contribution in [1.29, 1.82) is 0 Å². The summed E-state index contributed by atoms with van der Waals surface area (Å²) in [6.45, 7) is 7.75. The van der Waals surface area contributed by atoms with Gasteiger partial charge in [0.2, 0.25) is 0 Å². The lowest BCUT2D eigenvalue weighted by molar-refractivity contribution is 0.541. The van der Waals surface area contributed by atoms with Crippen LogP contribution >= 0.6 is 0 Å². The van der Waals surface area contributed by atoms with Crippen LogP contribution in [0.15, 0.2) is 6.20 Å². The van der Waals surface area contributed by atoms with Crippen LogP contribution in [0.4, 0.5) is 0 Å². The summed E-state index contributed by atoms with van der Waals surface area (Å²) in [4.78, 5) is 0. The molecule has 1 aromatic rings. The molecule has 1 unspecified atom stereocenters. The molecule has 0 bridgehead atoms. The van der Waals surface area contributed by atoms with Crippen molar-refractivity contribution in [2.24, 2.45) is 12.5 Å². The number of aromatic nitrogens is 2. The van der Waals surface area contributed by atoms with Gasteiger partial charge in [0, 0.05) is 31.4 Å². The van der Waals surface area contributed by atoms with E-state index in [2.05, 4.69) is 37.4 Å². The van der Waals surface area contributed by atoms with Crippen LogP contribution in [0.3, 0.4) is 0 Å². The summed E-state index contributed by atoms with van der Waals surface area (Å²) in [6.07, 6.45) is 4.45. The van der Waals surface area contributed by atoms with E-state index in [4.69, 9.17) is 0 Å². The predicted octanol–water partition coefficient (Wildman–Crippen LogP) is 1.87. The van der Waals surface area contributed by atoms with Gasteiger partial charge in [-0.1, -0.05) is 20.8 Å². The monoisotopic (exact) mass is 207 g/mol. The molecule has 1 atom stereocenters. The van der Waals surface area contributed by atoms with Crippen molar-refractivity contribution in [3.63, 3.8) is 0 Å². The summed E-state index contributed by atoms with van der Waals surface area (Å²) in [7, 11) is 1.99. The van der Waals surface area contributed by atoms with Gasteiger partial charge in [0.05, 0.1) is 5.69 Å². The summed E-state index contributed by atoms with van der Waals surface area (Å²) in [6, 6.07) is 0.697. The molecule has 2 rings (SSSR count). The molecule has 1 heterocycles. The molecule has 0 amide bonds. The summed E-state index contributed by atoms with van der Waals surface area (Å²) in [5.74, 6) is 0. The van der Waals surface area contributed by atoms with Crippen molar-refractivity contribution in [1.82, 2.24) is 15.1 Å². The fraction of sp³-hybridized carbons (Fsp3) is 0.750. The van der Waals surface area contributed by atoms with Crippen molar-refractivity contribution in [3.05, 3.63) is 17.5 Å². The van der Waals surface area contributed by atoms with Crippen molar-refractivity contribution in [3.8, 4) is 0 Å². The van der Waals surface area contributed by atoms with Gasteiger partial charge in [-0.05, 0) is 18.3 Å². The van der Waals surface area contributed by atoms with E-state index in [9.17, 15) is 0 Å². The SMILES string of the molecule is CCc1nn(C)cc1CNC1CC1(C)C. The second kappa shape index (κ2) is 3.63. The van der Waals surface area contributed by atoms with Crippen molar-refractivity contribution < 1.29 is 0 Å². The minimum absolute atomic E-state index is 0.509. The maximum Gasteiger partial charge on any atom is 0.0666 e. The zero-order valence-corrected chi connectivity index (χ0v) is 10.2. The van der Waals surface area contributed by atoms with Gasteiger partial charge in [-0.15, -0.1) is 0 Å². The highest BCUT2D eigenvalue weighted by Crippen LogP contribution is 2.44. The minimum atomic E-state index is 0.509. The Bertz CT molecular complexity index is 352. The predicted molar refractivity (Wildman–Crippen MR) is 61.6 cm³/mol. The molecule has 0 spiro atoms. The van der Waals surface area contributed by atoms with E-state index in [1.165, 1.54) is 17.7 Å². The second-order valence-corrected chi connectivity index (χ2v) is 5.25. The van der Waals surface area contributed by atoms with Crippen molar-refractivity contribution in [2.45, 2.75) is 46.2 Å². The van der Waals surface area contributed by atoms with E-state index in [0.717, 1.165) is 13.0 Å². The first-order valence-electron chi connectivity index (χ1n) is 5.77. The normalized spacial score (nSPS) is 23.1. The molecule has 1 aliphatic rings. The van der Waals surface area contributed by atoms with E-state index in [-0.39, 0.29) is 0 Å². The maximum absolute atomic E-state index is 4.44. The molecular weight excluding hydrogens is 186 g/mol. The van der Waals surface area contributed by atoms with E-state index < -0.39 is 0 Å². The number of aryl methyl sites for hydroxylation is 2. The fourth-order valence-corrected chi connectivity index (χ4v) is 2.08. The first-order valence-corrected chi connectivity index (χ1v) is 5.77. The molecule has 1 N–H and O–H groups in total. The van der Waals surface area contributed by atoms with Crippen LogP contribution in [-0.4, -0.2) is 15.8 Å². The van der Waals surface area contributed by atoms with Crippen LogP contribution < -0.4 is 5.32 Å². The lowest BCUT2D eigenvalue weighted by Crippen LogP contribution is -2.20. The Morgan fingerprint density at radius 1 is 1.60 bits per heavy atom. The zero-order valence-electron chi connectivity index (χ0n) is 10.2. The Hall–Kier alpha value is -0.830. The molecule has 0 saturated heterocycles. The number of nitrogens with zero attached hydrogens (tertiary/aromatic N) is 2. The zero-order chi connectivity index (χ0) is 11.1. The van der Waals surface area contributed by atoms with Crippen molar-refractivity contribution in [2.75, 3.05) is 0 Å². The lowest BCUT2D eigenvalue weighted by Gasteiger charge is -2.05. The van der Waals surface area contributed by atoms with Gasteiger partial charge in [0.1, 0.15) is 0 Å². The molecular formula is C12H21N3. The van der Waals surface area contributed by atoms with Crippen molar-refractivity contribution >= 4 is 0 Å². The highest BCUT2D eigenvalue weighted by Gasteiger charge is 2.45. The molecule has 0 aromatic carbocycles. The molecule has 84 valence electrons. The molecule has 1 saturated carbocycles. The number of rotatable bonds is 4. The number of hydrogen-bond acceptors (Lipinski definition) is 2.